The first kappa shape index (κ1) is 16.2. The van der Waals surface area contributed by atoms with Gasteiger partial charge in [0.15, 0.2) is 6.10 Å². The average molecular weight is 312 g/mol. The minimum absolute atomic E-state index is 0.157. The van der Waals surface area contributed by atoms with E-state index in [1.807, 2.05) is 6.07 Å². The van der Waals surface area contributed by atoms with Crippen LogP contribution in [0.2, 0.25) is 0 Å². The zero-order chi connectivity index (χ0) is 16.8. The molecule has 0 aliphatic carbocycles. The smallest absolute Gasteiger partial charge is 0.338 e. The number of hydrogen-bond donors (Lipinski definition) is 1. The maximum atomic E-state index is 12.8. The summed E-state index contributed by atoms with van der Waals surface area (Å²) < 4.78 is 17.8. The van der Waals surface area contributed by atoms with Crippen LogP contribution in [0.4, 0.5) is 10.1 Å². The molecule has 116 valence electrons. The van der Waals surface area contributed by atoms with Crippen molar-refractivity contribution in [3.8, 4) is 6.07 Å². The maximum Gasteiger partial charge on any atom is 0.338 e. The molecule has 0 spiro atoms. The Bertz CT molecular complexity index is 749. The first-order chi connectivity index (χ1) is 11.0. The molecule has 6 heteroatoms. The summed E-state index contributed by atoms with van der Waals surface area (Å²) in [5.41, 5.74) is 1.11. The van der Waals surface area contributed by atoms with Crippen LogP contribution in [0.3, 0.4) is 0 Å². The van der Waals surface area contributed by atoms with E-state index >= 15 is 0 Å². The second-order valence-corrected chi connectivity index (χ2v) is 4.73. The van der Waals surface area contributed by atoms with E-state index in [-0.39, 0.29) is 5.56 Å². The number of carbonyl (C=O) groups excluding carboxylic acids is 2. The van der Waals surface area contributed by atoms with Crippen LogP contribution in [-0.4, -0.2) is 18.0 Å². The Balaban J connectivity index is 1.95. The van der Waals surface area contributed by atoms with Crippen LogP contribution < -0.4 is 5.32 Å². The average Bonchev–Trinajstić information content (AvgIpc) is 2.56. The lowest BCUT2D eigenvalue weighted by Gasteiger charge is -2.13. The van der Waals surface area contributed by atoms with Gasteiger partial charge in [-0.15, -0.1) is 0 Å². The largest absolute Gasteiger partial charge is 0.449 e. The van der Waals surface area contributed by atoms with Gasteiger partial charge in [-0.3, -0.25) is 4.79 Å². The van der Waals surface area contributed by atoms with E-state index in [2.05, 4.69) is 5.32 Å². The quantitative estimate of drug-likeness (QED) is 0.880. The lowest BCUT2D eigenvalue weighted by Crippen LogP contribution is -2.30. The third-order valence-electron chi connectivity index (χ3n) is 3.01. The van der Waals surface area contributed by atoms with E-state index in [1.54, 1.807) is 24.3 Å². The van der Waals surface area contributed by atoms with E-state index in [0.717, 1.165) is 12.1 Å². The molecule has 0 bridgehead atoms. The van der Waals surface area contributed by atoms with Crippen LogP contribution >= 0.6 is 0 Å². The predicted molar refractivity (Wildman–Crippen MR) is 81.1 cm³/mol. The van der Waals surface area contributed by atoms with Gasteiger partial charge in [-0.25, -0.2) is 9.18 Å². The third kappa shape index (κ3) is 4.38. The van der Waals surface area contributed by atoms with Crippen molar-refractivity contribution in [3.05, 3.63) is 65.5 Å². The molecule has 23 heavy (non-hydrogen) atoms. The van der Waals surface area contributed by atoms with Crippen LogP contribution in [0.15, 0.2) is 48.5 Å². The Labute approximate surface area is 132 Å². The number of ether oxygens (including phenoxy) is 1. The summed E-state index contributed by atoms with van der Waals surface area (Å²) in [5, 5.41) is 11.3. The molecule has 1 N–H and O–H groups in total. The van der Waals surface area contributed by atoms with E-state index < -0.39 is 23.8 Å². The van der Waals surface area contributed by atoms with Crippen molar-refractivity contribution in [2.75, 3.05) is 5.32 Å². The van der Waals surface area contributed by atoms with Crippen LogP contribution in [0, 0.1) is 17.1 Å². The zero-order valence-corrected chi connectivity index (χ0v) is 12.2. The van der Waals surface area contributed by atoms with Gasteiger partial charge in [-0.1, -0.05) is 0 Å². The Hall–Kier alpha value is -3.20. The normalized spacial score (nSPS) is 11.2. The molecule has 0 radical (unpaired) electrons. The molecule has 1 atom stereocenters. The van der Waals surface area contributed by atoms with Crippen LogP contribution in [0.1, 0.15) is 22.8 Å². The highest BCUT2D eigenvalue weighted by molar-refractivity contribution is 5.97. The number of amides is 1. The van der Waals surface area contributed by atoms with Gasteiger partial charge in [-0.2, -0.15) is 5.26 Å². The fourth-order valence-corrected chi connectivity index (χ4v) is 1.74. The van der Waals surface area contributed by atoms with Crippen LogP contribution in [0.25, 0.3) is 0 Å². The molecule has 0 aliphatic rings. The number of nitriles is 1. The number of nitrogens with one attached hydrogen (secondary N) is 1. The molecular formula is C17H13FN2O3. The molecule has 0 aromatic heterocycles. The zero-order valence-electron chi connectivity index (χ0n) is 12.2. The summed E-state index contributed by atoms with van der Waals surface area (Å²) >= 11 is 0. The van der Waals surface area contributed by atoms with Crippen LogP contribution in [0.5, 0.6) is 0 Å². The molecule has 2 aromatic rings. The highest BCUT2D eigenvalue weighted by atomic mass is 19.1. The van der Waals surface area contributed by atoms with Gasteiger partial charge in [-0.05, 0) is 55.5 Å². The summed E-state index contributed by atoms with van der Waals surface area (Å²) in [5.74, 6) is -1.69. The van der Waals surface area contributed by atoms with Crippen molar-refractivity contribution in [3.63, 3.8) is 0 Å². The summed E-state index contributed by atoms with van der Waals surface area (Å²) in [4.78, 5) is 23.8. The molecular weight excluding hydrogens is 299 g/mol. The van der Waals surface area contributed by atoms with Gasteiger partial charge < -0.3 is 10.1 Å². The molecule has 0 saturated heterocycles. The lowest BCUT2D eigenvalue weighted by atomic mass is 10.2. The molecule has 0 aliphatic heterocycles. The SMILES string of the molecule is C[C@H](OC(=O)c1ccc(F)cc1)C(=O)Nc1ccc(C#N)cc1. The van der Waals surface area contributed by atoms with Crippen molar-refractivity contribution in [1.29, 1.82) is 5.26 Å². The van der Waals surface area contributed by atoms with Gasteiger partial charge in [0.25, 0.3) is 5.91 Å². The number of nitrogens with zero attached hydrogens (tertiary/aromatic N) is 1. The Kier molecular flexibility index (Phi) is 5.05. The van der Waals surface area contributed by atoms with Gasteiger partial charge >= 0.3 is 5.97 Å². The minimum atomic E-state index is -1.02. The molecule has 0 fully saturated rings. The minimum Gasteiger partial charge on any atom is -0.449 e. The molecule has 0 unspecified atom stereocenters. The number of carbonyl (C=O) groups is 2. The van der Waals surface area contributed by atoms with Crippen molar-refractivity contribution in [1.82, 2.24) is 0 Å². The summed E-state index contributed by atoms with van der Waals surface area (Å²) in [6.07, 6.45) is -1.02. The summed E-state index contributed by atoms with van der Waals surface area (Å²) in [6, 6.07) is 13.1. The molecule has 2 aromatic carbocycles. The second kappa shape index (κ2) is 7.18. The maximum absolute atomic E-state index is 12.8. The molecule has 0 heterocycles. The van der Waals surface area contributed by atoms with Gasteiger partial charge in [0.2, 0.25) is 0 Å². The Morgan fingerprint density at radius 1 is 1.13 bits per heavy atom. The topological polar surface area (TPSA) is 79.2 Å². The number of anilines is 1. The van der Waals surface area contributed by atoms with Crippen molar-refractivity contribution >= 4 is 17.6 Å². The third-order valence-corrected chi connectivity index (χ3v) is 3.01. The molecule has 1 amide bonds. The first-order valence-corrected chi connectivity index (χ1v) is 6.77. The molecule has 5 nitrogen and oxygen atoms in total. The van der Waals surface area contributed by atoms with E-state index in [4.69, 9.17) is 10.00 Å². The predicted octanol–water partition coefficient (Wildman–Crippen LogP) is 2.88. The first-order valence-electron chi connectivity index (χ1n) is 6.77. The van der Waals surface area contributed by atoms with Gasteiger partial charge in [0.1, 0.15) is 5.82 Å². The standard InChI is InChI=1S/C17H13FN2O3/c1-11(23-17(22)13-4-6-14(18)7-5-13)16(21)20-15-8-2-12(10-19)3-9-15/h2-9,11H,1H3,(H,20,21)/t11-/m0/s1. The number of hydrogen-bond acceptors (Lipinski definition) is 4. The van der Waals surface area contributed by atoms with Crippen LogP contribution in [-0.2, 0) is 9.53 Å². The molecule has 2 rings (SSSR count). The van der Waals surface area contributed by atoms with Crippen molar-refractivity contribution in [2.24, 2.45) is 0 Å². The Morgan fingerprint density at radius 2 is 1.74 bits per heavy atom. The fraction of sp³-hybridized carbons (Fsp3) is 0.118. The lowest BCUT2D eigenvalue weighted by molar-refractivity contribution is -0.123. The van der Waals surface area contributed by atoms with E-state index in [9.17, 15) is 14.0 Å². The number of halogens is 1. The Morgan fingerprint density at radius 3 is 2.30 bits per heavy atom. The van der Waals surface area contributed by atoms with E-state index in [0.29, 0.717) is 11.3 Å². The van der Waals surface area contributed by atoms with Crippen molar-refractivity contribution < 1.29 is 18.7 Å². The highest BCUT2D eigenvalue weighted by Gasteiger charge is 2.19. The number of esters is 1. The van der Waals surface area contributed by atoms with E-state index in [1.165, 1.54) is 19.1 Å². The van der Waals surface area contributed by atoms with Crippen molar-refractivity contribution in [2.45, 2.75) is 13.0 Å². The number of rotatable bonds is 4. The summed E-state index contributed by atoms with van der Waals surface area (Å²) in [7, 11) is 0. The fourth-order valence-electron chi connectivity index (χ4n) is 1.74. The number of benzene rings is 2. The van der Waals surface area contributed by atoms with Gasteiger partial charge in [0.05, 0.1) is 17.2 Å². The monoisotopic (exact) mass is 312 g/mol. The highest BCUT2D eigenvalue weighted by Crippen LogP contribution is 2.11. The molecule has 0 saturated carbocycles. The summed E-state index contributed by atoms with van der Waals surface area (Å²) in [6.45, 7) is 1.43. The second-order valence-electron chi connectivity index (χ2n) is 4.73. The van der Waals surface area contributed by atoms with Gasteiger partial charge in [0, 0.05) is 5.69 Å².